The smallest absolute Gasteiger partial charge is 0.235 e. The summed E-state index contributed by atoms with van der Waals surface area (Å²) in [7, 11) is 0. The highest BCUT2D eigenvalue weighted by atomic mass is 32.1. The molecule has 0 bridgehead atoms. The second-order valence-corrected chi connectivity index (χ2v) is 8.67. The number of hydrogen-bond donors (Lipinski definition) is 0. The number of likely N-dealkylation sites (tertiary alicyclic amines) is 1. The van der Waals surface area contributed by atoms with Crippen molar-refractivity contribution in [1.29, 1.82) is 0 Å². The molecule has 0 N–H and O–H groups in total. The largest absolute Gasteiger partial charge is 0.473 e. The van der Waals surface area contributed by atoms with Gasteiger partial charge in [-0.15, -0.1) is 11.3 Å². The maximum atomic E-state index is 12.2. The molecule has 1 aliphatic carbocycles. The SMILES string of the molecule is Cc1ccc(-c2csc3c(OC4CCN(C(=O)C5CC5)CC4)ncnc23)cc1. The van der Waals surface area contributed by atoms with E-state index in [0.717, 1.165) is 60.1 Å². The predicted molar refractivity (Wildman–Crippen MR) is 111 cm³/mol. The molecule has 1 aliphatic heterocycles. The highest BCUT2D eigenvalue weighted by Gasteiger charge is 2.35. The minimum atomic E-state index is 0.103. The number of fused-ring (bicyclic) bond motifs is 1. The Morgan fingerprint density at radius 3 is 2.57 bits per heavy atom. The Hall–Kier alpha value is -2.47. The quantitative estimate of drug-likeness (QED) is 0.657. The van der Waals surface area contributed by atoms with Gasteiger partial charge in [0.05, 0.1) is 5.52 Å². The lowest BCUT2D eigenvalue weighted by Gasteiger charge is -2.32. The van der Waals surface area contributed by atoms with E-state index < -0.39 is 0 Å². The lowest BCUT2D eigenvalue weighted by molar-refractivity contribution is -0.134. The van der Waals surface area contributed by atoms with Crippen molar-refractivity contribution >= 4 is 27.5 Å². The first kappa shape index (κ1) is 17.6. The first-order valence-corrected chi connectivity index (χ1v) is 10.8. The number of piperidine rings is 1. The first-order chi connectivity index (χ1) is 13.7. The van der Waals surface area contributed by atoms with Gasteiger partial charge in [0.25, 0.3) is 0 Å². The van der Waals surface area contributed by atoms with Crippen molar-refractivity contribution in [2.75, 3.05) is 13.1 Å². The topological polar surface area (TPSA) is 55.3 Å². The van der Waals surface area contributed by atoms with E-state index in [1.165, 1.54) is 5.56 Å². The number of carbonyl (C=O) groups is 1. The zero-order valence-electron chi connectivity index (χ0n) is 15.9. The van der Waals surface area contributed by atoms with Gasteiger partial charge in [0.15, 0.2) is 0 Å². The molecule has 1 amide bonds. The summed E-state index contributed by atoms with van der Waals surface area (Å²) in [5.74, 6) is 1.30. The fourth-order valence-electron chi connectivity index (χ4n) is 3.79. The van der Waals surface area contributed by atoms with Gasteiger partial charge in [0.2, 0.25) is 11.8 Å². The summed E-state index contributed by atoms with van der Waals surface area (Å²) < 4.78 is 7.26. The van der Waals surface area contributed by atoms with Crippen LogP contribution in [0.25, 0.3) is 21.3 Å². The van der Waals surface area contributed by atoms with Crippen molar-refractivity contribution in [3.63, 3.8) is 0 Å². The number of rotatable bonds is 4. The van der Waals surface area contributed by atoms with Crippen LogP contribution in [0.1, 0.15) is 31.2 Å². The van der Waals surface area contributed by atoms with Gasteiger partial charge < -0.3 is 9.64 Å². The second kappa shape index (κ2) is 7.17. The van der Waals surface area contributed by atoms with E-state index in [4.69, 9.17) is 4.74 Å². The molecule has 144 valence electrons. The molecule has 6 heteroatoms. The number of aromatic nitrogens is 2. The summed E-state index contributed by atoms with van der Waals surface area (Å²) in [4.78, 5) is 23.2. The molecule has 5 rings (SSSR count). The van der Waals surface area contributed by atoms with Gasteiger partial charge in [-0.25, -0.2) is 9.97 Å². The van der Waals surface area contributed by atoms with Gasteiger partial charge in [-0.05, 0) is 25.3 Å². The van der Waals surface area contributed by atoms with E-state index >= 15 is 0 Å². The van der Waals surface area contributed by atoms with E-state index in [1.807, 2.05) is 4.90 Å². The molecule has 1 saturated heterocycles. The summed E-state index contributed by atoms with van der Waals surface area (Å²) in [6.45, 7) is 3.66. The lowest BCUT2D eigenvalue weighted by Crippen LogP contribution is -2.42. The van der Waals surface area contributed by atoms with Crippen molar-refractivity contribution in [2.45, 2.75) is 38.7 Å². The minimum Gasteiger partial charge on any atom is -0.473 e. The Balaban J connectivity index is 1.33. The molecule has 0 atom stereocenters. The molecular formula is C22H23N3O2S. The Kier molecular flexibility index (Phi) is 4.51. The average molecular weight is 394 g/mol. The Labute approximate surface area is 168 Å². The standard InChI is InChI=1S/C22H23N3O2S/c1-14-2-4-15(5-3-14)18-12-28-20-19(18)23-13-24-21(20)27-17-8-10-25(11-9-17)22(26)16-6-7-16/h2-5,12-13,16-17H,6-11H2,1H3. The molecule has 0 spiro atoms. The van der Waals surface area contributed by atoms with Crippen molar-refractivity contribution in [3.8, 4) is 17.0 Å². The van der Waals surface area contributed by atoms with E-state index in [0.29, 0.717) is 17.7 Å². The highest BCUT2D eigenvalue weighted by molar-refractivity contribution is 7.18. The van der Waals surface area contributed by atoms with Crippen molar-refractivity contribution in [3.05, 3.63) is 41.5 Å². The van der Waals surface area contributed by atoms with Gasteiger partial charge in [0, 0.05) is 42.8 Å². The monoisotopic (exact) mass is 393 g/mol. The summed E-state index contributed by atoms with van der Waals surface area (Å²) in [6, 6.07) is 8.50. The fourth-order valence-corrected chi connectivity index (χ4v) is 4.75. The number of benzene rings is 1. The van der Waals surface area contributed by atoms with Crippen LogP contribution >= 0.6 is 11.3 Å². The van der Waals surface area contributed by atoms with Gasteiger partial charge in [-0.2, -0.15) is 0 Å². The van der Waals surface area contributed by atoms with Crippen LogP contribution in [0.4, 0.5) is 0 Å². The maximum absolute atomic E-state index is 12.2. The molecule has 1 saturated carbocycles. The molecule has 2 fully saturated rings. The Morgan fingerprint density at radius 2 is 1.86 bits per heavy atom. The summed E-state index contributed by atoms with van der Waals surface area (Å²) in [6.07, 6.45) is 5.55. The molecular weight excluding hydrogens is 370 g/mol. The van der Waals surface area contributed by atoms with Crippen molar-refractivity contribution in [1.82, 2.24) is 14.9 Å². The van der Waals surface area contributed by atoms with Crippen molar-refractivity contribution < 1.29 is 9.53 Å². The van der Waals surface area contributed by atoms with Crippen LogP contribution in [0.3, 0.4) is 0 Å². The third-order valence-corrected chi connectivity index (χ3v) is 6.60. The highest BCUT2D eigenvalue weighted by Crippen LogP contribution is 2.37. The summed E-state index contributed by atoms with van der Waals surface area (Å²) in [5, 5.41) is 2.13. The minimum absolute atomic E-state index is 0.103. The molecule has 0 radical (unpaired) electrons. The molecule has 3 heterocycles. The molecule has 0 unspecified atom stereocenters. The third-order valence-electron chi connectivity index (χ3n) is 5.64. The van der Waals surface area contributed by atoms with Crippen LogP contribution in [0, 0.1) is 12.8 Å². The summed E-state index contributed by atoms with van der Waals surface area (Å²) >= 11 is 1.63. The molecule has 5 nitrogen and oxygen atoms in total. The number of nitrogens with zero attached hydrogens (tertiary/aromatic N) is 3. The zero-order valence-corrected chi connectivity index (χ0v) is 16.7. The number of thiophene rings is 1. The lowest BCUT2D eigenvalue weighted by atomic mass is 10.1. The van der Waals surface area contributed by atoms with Crippen molar-refractivity contribution in [2.24, 2.45) is 5.92 Å². The van der Waals surface area contributed by atoms with E-state index in [-0.39, 0.29) is 6.10 Å². The number of hydrogen-bond acceptors (Lipinski definition) is 5. The number of carbonyl (C=O) groups excluding carboxylic acids is 1. The number of ether oxygens (including phenoxy) is 1. The van der Waals surface area contributed by atoms with Crippen LogP contribution in [0.15, 0.2) is 36.0 Å². The van der Waals surface area contributed by atoms with Crippen LogP contribution in [0.2, 0.25) is 0 Å². The zero-order chi connectivity index (χ0) is 19.1. The molecule has 28 heavy (non-hydrogen) atoms. The third kappa shape index (κ3) is 3.37. The molecule has 2 aromatic heterocycles. The normalized spacial score (nSPS) is 17.8. The Bertz CT molecular complexity index is 1000. The van der Waals surface area contributed by atoms with Crippen LogP contribution in [-0.2, 0) is 4.79 Å². The number of amides is 1. The van der Waals surface area contributed by atoms with E-state index in [2.05, 4.69) is 46.5 Å². The molecule has 3 aromatic rings. The van der Waals surface area contributed by atoms with E-state index in [1.54, 1.807) is 17.7 Å². The van der Waals surface area contributed by atoms with E-state index in [9.17, 15) is 4.79 Å². The maximum Gasteiger partial charge on any atom is 0.235 e. The number of aryl methyl sites for hydroxylation is 1. The average Bonchev–Trinajstić information content (AvgIpc) is 3.48. The van der Waals surface area contributed by atoms with Gasteiger partial charge >= 0.3 is 0 Å². The second-order valence-electron chi connectivity index (χ2n) is 7.79. The van der Waals surface area contributed by atoms with Gasteiger partial charge in [-0.3, -0.25) is 4.79 Å². The summed E-state index contributed by atoms with van der Waals surface area (Å²) in [5.41, 5.74) is 4.47. The van der Waals surface area contributed by atoms with Gasteiger partial charge in [-0.1, -0.05) is 29.8 Å². The fraction of sp³-hybridized carbons (Fsp3) is 0.409. The van der Waals surface area contributed by atoms with Crippen LogP contribution in [-0.4, -0.2) is 40.0 Å². The predicted octanol–water partition coefficient (Wildman–Crippen LogP) is 4.45. The van der Waals surface area contributed by atoms with Gasteiger partial charge in [0.1, 0.15) is 17.1 Å². The Morgan fingerprint density at radius 1 is 1.11 bits per heavy atom. The first-order valence-electron chi connectivity index (χ1n) is 9.94. The molecule has 1 aromatic carbocycles. The van der Waals surface area contributed by atoms with Crippen LogP contribution in [0.5, 0.6) is 5.88 Å². The molecule has 2 aliphatic rings. The van der Waals surface area contributed by atoms with Crippen LogP contribution < -0.4 is 4.74 Å².